The SMILES string of the molecule is CCc1c(Cl)ncnc1-c1cc(F)ccc1F. The minimum atomic E-state index is -0.532. The van der Waals surface area contributed by atoms with Crippen LogP contribution >= 0.6 is 11.6 Å². The lowest BCUT2D eigenvalue weighted by atomic mass is 10.0. The number of aromatic nitrogens is 2. The first-order chi connectivity index (χ1) is 8.13. The highest BCUT2D eigenvalue weighted by Crippen LogP contribution is 2.28. The van der Waals surface area contributed by atoms with E-state index in [0.717, 1.165) is 18.2 Å². The molecule has 0 saturated heterocycles. The predicted molar refractivity (Wildman–Crippen MR) is 61.8 cm³/mol. The molecule has 1 heterocycles. The Kier molecular flexibility index (Phi) is 3.33. The van der Waals surface area contributed by atoms with E-state index in [-0.39, 0.29) is 10.7 Å². The molecular weight excluding hydrogens is 246 g/mol. The number of hydrogen-bond acceptors (Lipinski definition) is 2. The van der Waals surface area contributed by atoms with Gasteiger partial charge in [0.1, 0.15) is 23.1 Å². The van der Waals surface area contributed by atoms with E-state index in [1.54, 1.807) is 0 Å². The molecule has 0 atom stereocenters. The molecule has 0 aliphatic carbocycles. The van der Waals surface area contributed by atoms with Crippen LogP contribution in [0.1, 0.15) is 12.5 Å². The van der Waals surface area contributed by atoms with Gasteiger partial charge in [-0.3, -0.25) is 0 Å². The van der Waals surface area contributed by atoms with E-state index in [2.05, 4.69) is 9.97 Å². The third kappa shape index (κ3) is 2.26. The van der Waals surface area contributed by atoms with Gasteiger partial charge >= 0.3 is 0 Å². The molecule has 2 rings (SSSR count). The summed E-state index contributed by atoms with van der Waals surface area (Å²) in [4.78, 5) is 7.81. The molecule has 0 saturated carbocycles. The summed E-state index contributed by atoms with van der Waals surface area (Å²) in [6, 6.07) is 3.24. The average molecular weight is 255 g/mol. The van der Waals surface area contributed by atoms with Gasteiger partial charge in [0.05, 0.1) is 5.69 Å². The van der Waals surface area contributed by atoms with E-state index < -0.39 is 11.6 Å². The number of nitrogens with zero attached hydrogens (tertiary/aromatic N) is 2. The van der Waals surface area contributed by atoms with Gasteiger partial charge in [0.25, 0.3) is 0 Å². The molecular formula is C12H9ClF2N2. The second-order valence-corrected chi connectivity index (χ2v) is 3.83. The summed E-state index contributed by atoms with van der Waals surface area (Å²) in [6.45, 7) is 1.85. The Morgan fingerprint density at radius 1 is 1.24 bits per heavy atom. The van der Waals surface area contributed by atoms with E-state index in [1.165, 1.54) is 6.33 Å². The molecule has 0 aliphatic rings. The van der Waals surface area contributed by atoms with E-state index in [9.17, 15) is 8.78 Å². The Morgan fingerprint density at radius 2 is 2.00 bits per heavy atom. The van der Waals surface area contributed by atoms with Gasteiger partial charge in [0, 0.05) is 11.1 Å². The maximum Gasteiger partial charge on any atom is 0.136 e. The zero-order valence-corrected chi connectivity index (χ0v) is 9.80. The van der Waals surface area contributed by atoms with Gasteiger partial charge in [-0.15, -0.1) is 0 Å². The summed E-state index contributed by atoms with van der Waals surface area (Å²) < 4.78 is 26.8. The average Bonchev–Trinajstić information content (AvgIpc) is 2.32. The molecule has 2 aromatic rings. The molecule has 0 unspecified atom stereocenters. The quantitative estimate of drug-likeness (QED) is 0.765. The maximum absolute atomic E-state index is 13.6. The van der Waals surface area contributed by atoms with Gasteiger partial charge in [0.2, 0.25) is 0 Å². The van der Waals surface area contributed by atoms with Crippen LogP contribution in [0.2, 0.25) is 5.15 Å². The third-order valence-electron chi connectivity index (χ3n) is 2.43. The molecule has 17 heavy (non-hydrogen) atoms. The Bertz CT molecular complexity index is 558. The fourth-order valence-corrected chi connectivity index (χ4v) is 1.88. The monoisotopic (exact) mass is 254 g/mol. The van der Waals surface area contributed by atoms with Crippen molar-refractivity contribution in [2.75, 3.05) is 0 Å². The Balaban J connectivity index is 2.68. The van der Waals surface area contributed by atoms with E-state index in [0.29, 0.717) is 17.7 Å². The lowest BCUT2D eigenvalue weighted by Gasteiger charge is -2.08. The maximum atomic E-state index is 13.6. The molecule has 2 nitrogen and oxygen atoms in total. The van der Waals surface area contributed by atoms with Crippen LogP contribution < -0.4 is 0 Å². The predicted octanol–water partition coefficient (Wildman–Crippen LogP) is 3.64. The summed E-state index contributed by atoms with van der Waals surface area (Å²) in [6.07, 6.45) is 1.78. The van der Waals surface area contributed by atoms with Crippen molar-refractivity contribution in [3.63, 3.8) is 0 Å². The van der Waals surface area contributed by atoms with Crippen LogP contribution in [0.15, 0.2) is 24.5 Å². The number of hydrogen-bond donors (Lipinski definition) is 0. The third-order valence-corrected chi connectivity index (χ3v) is 2.76. The van der Waals surface area contributed by atoms with Crippen LogP contribution in [-0.4, -0.2) is 9.97 Å². The first-order valence-electron chi connectivity index (χ1n) is 5.08. The van der Waals surface area contributed by atoms with Crippen molar-refractivity contribution in [3.8, 4) is 11.3 Å². The van der Waals surface area contributed by atoms with Gasteiger partial charge < -0.3 is 0 Å². The van der Waals surface area contributed by atoms with Gasteiger partial charge in [0.15, 0.2) is 0 Å². The van der Waals surface area contributed by atoms with Crippen molar-refractivity contribution in [1.29, 1.82) is 0 Å². The smallest absolute Gasteiger partial charge is 0.136 e. The van der Waals surface area contributed by atoms with Crippen molar-refractivity contribution in [3.05, 3.63) is 46.9 Å². The van der Waals surface area contributed by atoms with Crippen molar-refractivity contribution < 1.29 is 8.78 Å². The van der Waals surface area contributed by atoms with Crippen molar-refractivity contribution in [2.24, 2.45) is 0 Å². The fourth-order valence-electron chi connectivity index (χ4n) is 1.62. The molecule has 0 spiro atoms. The highest BCUT2D eigenvalue weighted by atomic mass is 35.5. The Morgan fingerprint density at radius 3 is 2.71 bits per heavy atom. The molecule has 0 amide bonds. The highest BCUT2D eigenvalue weighted by molar-refractivity contribution is 6.30. The molecule has 1 aromatic carbocycles. The number of rotatable bonds is 2. The van der Waals surface area contributed by atoms with Crippen LogP contribution in [0.4, 0.5) is 8.78 Å². The summed E-state index contributed by atoms with van der Waals surface area (Å²) in [7, 11) is 0. The summed E-state index contributed by atoms with van der Waals surface area (Å²) in [5.74, 6) is -1.05. The molecule has 88 valence electrons. The molecule has 0 bridgehead atoms. The largest absolute Gasteiger partial charge is 0.236 e. The second kappa shape index (κ2) is 4.75. The first-order valence-corrected chi connectivity index (χ1v) is 5.46. The van der Waals surface area contributed by atoms with Gasteiger partial charge in [-0.05, 0) is 24.6 Å². The lowest BCUT2D eigenvalue weighted by molar-refractivity contribution is 0.602. The van der Waals surface area contributed by atoms with Crippen LogP contribution in [0.5, 0.6) is 0 Å². The number of halogens is 3. The van der Waals surface area contributed by atoms with E-state index in [4.69, 9.17) is 11.6 Å². The molecule has 0 radical (unpaired) electrons. The molecule has 0 fully saturated rings. The van der Waals surface area contributed by atoms with Crippen molar-refractivity contribution >= 4 is 11.6 Å². The molecule has 0 N–H and O–H groups in total. The normalized spacial score (nSPS) is 10.6. The minimum Gasteiger partial charge on any atom is -0.236 e. The van der Waals surface area contributed by atoms with Gasteiger partial charge in [-0.2, -0.15) is 0 Å². The Hall–Kier alpha value is -1.55. The van der Waals surface area contributed by atoms with Gasteiger partial charge in [-0.25, -0.2) is 18.7 Å². The van der Waals surface area contributed by atoms with Crippen molar-refractivity contribution in [2.45, 2.75) is 13.3 Å². The lowest BCUT2D eigenvalue weighted by Crippen LogP contribution is -1.98. The minimum absolute atomic E-state index is 0.103. The molecule has 1 aromatic heterocycles. The summed E-state index contributed by atoms with van der Waals surface area (Å²) >= 11 is 5.90. The van der Waals surface area contributed by atoms with Crippen molar-refractivity contribution in [1.82, 2.24) is 9.97 Å². The van der Waals surface area contributed by atoms with Crippen LogP contribution in [-0.2, 0) is 6.42 Å². The second-order valence-electron chi connectivity index (χ2n) is 3.47. The molecule has 0 aliphatic heterocycles. The fraction of sp³-hybridized carbons (Fsp3) is 0.167. The number of benzene rings is 1. The standard InChI is InChI=1S/C12H9ClF2N2/c1-2-8-11(16-6-17-12(8)13)9-5-7(14)3-4-10(9)15/h3-6H,2H2,1H3. The topological polar surface area (TPSA) is 25.8 Å². The van der Waals surface area contributed by atoms with Crippen LogP contribution in [0, 0.1) is 11.6 Å². The van der Waals surface area contributed by atoms with Gasteiger partial charge in [-0.1, -0.05) is 18.5 Å². The van der Waals surface area contributed by atoms with Crippen LogP contribution in [0.3, 0.4) is 0 Å². The summed E-state index contributed by atoms with van der Waals surface area (Å²) in [5, 5.41) is 0.265. The zero-order chi connectivity index (χ0) is 12.4. The molecule has 5 heteroatoms. The zero-order valence-electron chi connectivity index (χ0n) is 9.04. The van der Waals surface area contributed by atoms with E-state index in [1.807, 2.05) is 6.92 Å². The first kappa shape index (κ1) is 11.9. The van der Waals surface area contributed by atoms with E-state index >= 15 is 0 Å². The highest BCUT2D eigenvalue weighted by Gasteiger charge is 2.14. The van der Waals surface area contributed by atoms with Crippen LogP contribution in [0.25, 0.3) is 11.3 Å². The summed E-state index contributed by atoms with van der Waals surface area (Å²) in [5.41, 5.74) is 1.05. The Labute approximate surface area is 102 Å².